The summed E-state index contributed by atoms with van der Waals surface area (Å²) in [6, 6.07) is 0. The molecule has 0 spiro atoms. The minimum absolute atomic E-state index is 0.267. The summed E-state index contributed by atoms with van der Waals surface area (Å²) in [5.41, 5.74) is -1.58. The molecule has 1 rings (SSSR count). The molecule has 1 saturated heterocycles. The molecule has 0 bridgehead atoms. The molecular formula is C11H16O5. The van der Waals surface area contributed by atoms with Crippen LogP contribution in [0.3, 0.4) is 0 Å². The molecule has 1 aliphatic heterocycles. The molecule has 0 saturated carbocycles. The van der Waals surface area contributed by atoms with Gasteiger partial charge in [0.25, 0.3) is 0 Å². The maximum Gasteiger partial charge on any atom is 0.353 e. The lowest BCUT2D eigenvalue weighted by atomic mass is 9.91. The molecule has 1 N–H and O–H groups in total. The zero-order valence-corrected chi connectivity index (χ0v) is 9.27. The third-order valence-corrected chi connectivity index (χ3v) is 2.65. The van der Waals surface area contributed by atoms with Gasteiger partial charge in [0.2, 0.25) is 5.60 Å². The summed E-state index contributed by atoms with van der Waals surface area (Å²) >= 11 is 0. The lowest BCUT2D eigenvalue weighted by Crippen LogP contribution is -2.51. The second-order valence-electron chi connectivity index (χ2n) is 3.78. The number of carbonyl (C=O) groups is 2. The van der Waals surface area contributed by atoms with E-state index in [1.54, 1.807) is 0 Å². The Balaban J connectivity index is 2.96. The summed E-state index contributed by atoms with van der Waals surface area (Å²) in [6.07, 6.45) is 1.47. The van der Waals surface area contributed by atoms with Crippen molar-refractivity contribution in [1.82, 2.24) is 0 Å². The average Bonchev–Trinajstić information content (AvgIpc) is 2.42. The van der Waals surface area contributed by atoms with Crippen molar-refractivity contribution in [3.05, 3.63) is 12.7 Å². The third kappa shape index (κ3) is 2.41. The average molecular weight is 228 g/mol. The molecule has 0 radical (unpaired) electrons. The van der Waals surface area contributed by atoms with Crippen molar-refractivity contribution < 1.29 is 24.2 Å². The smallest absolute Gasteiger partial charge is 0.353 e. The highest BCUT2D eigenvalue weighted by molar-refractivity contribution is 5.88. The maximum atomic E-state index is 11.7. The minimum Gasteiger partial charge on any atom is -0.463 e. The predicted molar refractivity (Wildman–Crippen MR) is 55.5 cm³/mol. The number of aliphatic hydroxyl groups is 1. The van der Waals surface area contributed by atoms with Gasteiger partial charge in [-0.1, -0.05) is 6.58 Å². The Morgan fingerprint density at radius 1 is 1.69 bits per heavy atom. The SMILES string of the molecule is C=CC(=O)OC1(C(C)O)CCCCOC1=O. The fourth-order valence-electron chi connectivity index (χ4n) is 1.66. The van der Waals surface area contributed by atoms with Crippen LogP contribution in [0.4, 0.5) is 0 Å². The fraction of sp³-hybridized carbons (Fsp3) is 0.636. The molecule has 16 heavy (non-hydrogen) atoms. The van der Waals surface area contributed by atoms with Gasteiger partial charge in [0.05, 0.1) is 6.61 Å². The molecular weight excluding hydrogens is 212 g/mol. The van der Waals surface area contributed by atoms with E-state index in [-0.39, 0.29) is 6.42 Å². The fourth-order valence-corrected chi connectivity index (χ4v) is 1.66. The van der Waals surface area contributed by atoms with Gasteiger partial charge in [0.15, 0.2) is 0 Å². The number of ether oxygens (including phenoxy) is 2. The van der Waals surface area contributed by atoms with Crippen LogP contribution in [0.5, 0.6) is 0 Å². The first-order valence-corrected chi connectivity index (χ1v) is 5.23. The monoisotopic (exact) mass is 228 g/mol. The van der Waals surface area contributed by atoms with Gasteiger partial charge in [-0.05, 0) is 19.8 Å². The minimum atomic E-state index is -1.58. The standard InChI is InChI=1S/C11H16O5/c1-3-9(13)16-11(8(2)12)6-4-5-7-15-10(11)14/h3,8,12H,1,4-7H2,2H3. The quantitative estimate of drug-likeness (QED) is 0.564. The topological polar surface area (TPSA) is 72.8 Å². The van der Waals surface area contributed by atoms with E-state index in [1.807, 2.05) is 0 Å². The first-order valence-electron chi connectivity index (χ1n) is 5.23. The van der Waals surface area contributed by atoms with Crippen LogP contribution in [0.15, 0.2) is 12.7 Å². The summed E-state index contributed by atoms with van der Waals surface area (Å²) in [6.45, 7) is 4.95. The van der Waals surface area contributed by atoms with E-state index in [0.717, 1.165) is 6.08 Å². The molecule has 2 unspecified atom stereocenters. The van der Waals surface area contributed by atoms with Gasteiger partial charge in [-0.25, -0.2) is 9.59 Å². The number of cyclic esters (lactones) is 1. The predicted octanol–water partition coefficient (Wildman–Crippen LogP) is 0.562. The highest BCUT2D eigenvalue weighted by Gasteiger charge is 2.48. The molecule has 0 aromatic heterocycles. The molecule has 1 aliphatic rings. The molecule has 2 atom stereocenters. The third-order valence-electron chi connectivity index (χ3n) is 2.65. The Morgan fingerprint density at radius 2 is 2.38 bits per heavy atom. The van der Waals surface area contributed by atoms with Gasteiger partial charge >= 0.3 is 11.9 Å². The molecule has 1 heterocycles. The van der Waals surface area contributed by atoms with Crippen molar-refractivity contribution >= 4 is 11.9 Å². The van der Waals surface area contributed by atoms with Crippen molar-refractivity contribution in [3.63, 3.8) is 0 Å². The van der Waals surface area contributed by atoms with E-state index in [9.17, 15) is 14.7 Å². The first kappa shape index (κ1) is 12.7. The number of rotatable bonds is 3. The van der Waals surface area contributed by atoms with E-state index < -0.39 is 23.6 Å². The molecule has 0 amide bonds. The van der Waals surface area contributed by atoms with Crippen LogP contribution in [-0.4, -0.2) is 35.4 Å². The zero-order chi connectivity index (χ0) is 12.2. The van der Waals surface area contributed by atoms with Crippen molar-refractivity contribution in [2.45, 2.75) is 37.9 Å². The van der Waals surface area contributed by atoms with Crippen molar-refractivity contribution in [2.24, 2.45) is 0 Å². The van der Waals surface area contributed by atoms with E-state index in [2.05, 4.69) is 6.58 Å². The van der Waals surface area contributed by atoms with Crippen molar-refractivity contribution in [1.29, 1.82) is 0 Å². The van der Waals surface area contributed by atoms with Crippen LogP contribution >= 0.6 is 0 Å². The summed E-state index contributed by atoms with van der Waals surface area (Å²) < 4.78 is 9.92. The maximum absolute atomic E-state index is 11.7. The van der Waals surface area contributed by atoms with E-state index in [1.165, 1.54) is 6.92 Å². The second kappa shape index (κ2) is 5.12. The van der Waals surface area contributed by atoms with Gasteiger partial charge < -0.3 is 14.6 Å². The van der Waals surface area contributed by atoms with Gasteiger partial charge in [0, 0.05) is 12.5 Å². The van der Waals surface area contributed by atoms with Gasteiger partial charge in [-0.2, -0.15) is 0 Å². The first-order chi connectivity index (χ1) is 7.53. The number of carbonyl (C=O) groups excluding carboxylic acids is 2. The lowest BCUT2D eigenvalue weighted by Gasteiger charge is -2.31. The van der Waals surface area contributed by atoms with Crippen molar-refractivity contribution in [3.8, 4) is 0 Å². The Bertz CT molecular complexity index is 297. The summed E-state index contributed by atoms with van der Waals surface area (Å²) in [4.78, 5) is 22.9. The van der Waals surface area contributed by atoms with Crippen LogP contribution < -0.4 is 0 Å². The molecule has 90 valence electrons. The molecule has 5 nitrogen and oxygen atoms in total. The summed E-state index contributed by atoms with van der Waals surface area (Å²) in [5.74, 6) is -1.42. The number of aliphatic hydroxyl groups excluding tert-OH is 1. The number of hydrogen-bond donors (Lipinski definition) is 1. The summed E-state index contributed by atoms with van der Waals surface area (Å²) in [5, 5.41) is 9.66. The van der Waals surface area contributed by atoms with E-state index in [0.29, 0.717) is 19.4 Å². The number of esters is 2. The molecule has 0 aromatic carbocycles. The normalized spacial score (nSPS) is 27.5. The van der Waals surface area contributed by atoms with Gasteiger partial charge in [-0.3, -0.25) is 0 Å². The van der Waals surface area contributed by atoms with Crippen molar-refractivity contribution in [2.75, 3.05) is 6.61 Å². The van der Waals surface area contributed by atoms with E-state index in [4.69, 9.17) is 9.47 Å². The Morgan fingerprint density at radius 3 is 2.94 bits per heavy atom. The van der Waals surface area contributed by atoms with Gasteiger partial charge in [0.1, 0.15) is 6.10 Å². The van der Waals surface area contributed by atoms with Crippen LogP contribution in [0.2, 0.25) is 0 Å². The largest absolute Gasteiger partial charge is 0.463 e. The Kier molecular flexibility index (Phi) is 4.06. The Labute approximate surface area is 94.0 Å². The highest BCUT2D eigenvalue weighted by Crippen LogP contribution is 2.28. The molecule has 0 aromatic rings. The van der Waals surface area contributed by atoms with Crippen LogP contribution in [0.25, 0.3) is 0 Å². The number of hydrogen-bond acceptors (Lipinski definition) is 5. The zero-order valence-electron chi connectivity index (χ0n) is 9.27. The molecule has 5 heteroatoms. The Hall–Kier alpha value is -1.36. The molecule has 0 aliphatic carbocycles. The summed E-state index contributed by atoms with van der Waals surface area (Å²) in [7, 11) is 0. The highest BCUT2D eigenvalue weighted by atomic mass is 16.6. The second-order valence-corrected chi connectivity index (χ2v) is 3.78. The van der Waals surface area contributed by atoms with Crippen LogP contribution in [0.1, 0.15) is 26.2 Å². The lowest BCUT2D eigenvalue weighted by molar-refractivity contribution is -0.191. The van der Waals surface area contributed by atoms with Crippen LogP contribution in [-0.2, 0) is 19.1 Å². The van der Waals surface area contributed by atoms with Gasteiger partial charge in [-0.15, -0.1) is 0 Å². The van der Waals surface area contributed by atoms with Crippen LogP contribution in [0, 0.1) is 0 Å². The molecule has 1 fully saturated rings. The van der Waals surface area contributed by atoms with E-state index >= 15 is 0 Å².